The molecule has 3 aliphatic rings. The fraction of sp³-hybridized carbons (Fsp3) is 0.812. The molecular formula is C16H28N6O. The second-order valence-corrected chi connectivity index (χ2v) is 7.17. The summed E-state index contributed by atoms with van der Waals surface area (Å²) in [7, 11) is 1.91. The number of hydrogen-bond acceptors (Lipinski definition) is 5. The van der Waals surface area contributed by atoms with Gasteiger partial charge < -0.3 is 10.6 Å². The van der Waals surface area contributed by atoms with E-state index < -0.39 is 0 Å². The number of fused-ring (bicyclic) bond motifs is 3. The Morgan fingerprint density at radius 3 is 2.96 bits per heavy atom. The van der Waals surface area contributed by atoms with Crippen LogP contribution in [0.1, 0.15) is 32.4 Å². The van der Waals surface area contributed by atoms with Gasteiger partial charge in [-0.2, -0.15) is 0 Å². The van der Waals surface area contributed by atoms with Crippen LogP contribution in [0.5, 0.6) is 0 Å². The summed E-state index contributed by atoms with van der Waals surface area (Å²) in [6.45, 7) is 7.63. The second-order valence-electron chi connectivity index (χ2n) is 7.17. The molecule has 0 aromatic carbocycles. The fourth-order valence-electron chi connectivity index (χ4n) is 3.92. The van der Waals surface area contributed by atoms with Crippen molar-refractivity contribution < 1.29 is 4.79 Å². The molecule has 4 atom stereocenters. The molecule has 4 heterocycles. The van der Waals surface area contributed by atoms with Crippen molar-refractivity contribution >= 4 is 5.91 Å². The minimum absolute atomic E-state index is 0.151. The first-order valence-electron chi connectivity index (χ1n) is 8.65. The molecular weight excluding hydrogens is 292 g/mol. The van der Waals surface area contributed by atoms with Gasteiger partial charge in [0.15, 0.2) is 0 Å². The summed E-state index contributed by atoms with van der Waals surface area (Å²) in [5.41, 5.74) is 0.970. The summed E-state index contributed by atoms with van der Waals surface area (Å²) < 4.78 is 1.95. The first-order chi connectivity index (χ1) is 11.1. The van der Waals surface area contributed by atoms with Crippen LogP contribution in [0.3, 0.4) is 0 Å². The molecule has 3 saturated heterocycles. The average Bonchev–Trinajstić information content (AvgIpc) is 2.95. The van der Waals surface area contributed by atoms with Gasteiger partial charge in [-0.15, -0.1) is 5.10 Å². The quantitative estimate of drug-likeness (QED) is 0.785. The van der Waals surface area contributed by atoms with Crippen molar-refractivity contribution in [2.24, 2.45) is 11.8 Å². The van der Waals surface area contributed by atoms with Crippen LogP contribution in [0, 0.1) is 11.8 Å². The molecule has 7 nitrogen and oxygen atoms in total. The Bertz CT molecular complexity index is 542. The van der Waals surface area contributed by atoms with Crippen molar-refractivity contribution in [1.82, 2.24) is 30.5 Å². The van der Waals surface area contributed by atoms with E-state index in [1.807, 2.05) is 31.8 Å². The molecule has 0 saturated carbocycles. The van der Waals surface area contributed by atoms with Crippen molar-refractivity contribution in [2.75, 3.05) is 20.1 Å². The van der Waals surface area contributed by atoms with Gasteiger partial charge in [-0.1, -0.05) is 5.21 Å². The van der Waals surface area contributed by atoms with E-state index in [1.165, 1.54) is 0 Å². The van der Waals surface area contributed by atoms with E-state index in [-0.39, 0.29) is 17.9 Å². The molecule has 128 valence electrons. The van der Waals surface area contributed by atoms with Gasteiger partial charge in [-0.25, -0.2) is 0 Å². The zero-order chi connectivity index (χ0) is 16.4. The van der Waals surface area contributed by atoms with Gasteiger partial charge >= 0.3 is 0 Å². The van der Waals surface area contributed by atoms with E-state index in [9.17, 15) is 4.79 Å². The number of rotatable bonds is 6. The van der Waals surface area contributed by atoms with Gasteiger partial charge in [0.25, 0.3) is 0 Å². The van der Waals surface area contributed by atoms with E-state index in [0.717, 1.165) is 44.7 Å². The lowest BCUT2D eigenvalue weighted by Gasteiger charge is -2.49. The number of carbonyl (C=O) groups is 1. The Labute approximate surface area is 137 Å². The highest BCUT2D eigenvalue weighted by atomic mass is 16.2. The number of nitrogens with zero attached hydrogens (tertiary/aromatic N) is 4. The minimum Gasteiger partial charge on any atom is -0.354 e. The predicted molar refractivity (Wildman–Crippen MR) is 87.6 cm³/mol. The number of nitrogens with one attached hydrogen (secondary N) is 2. The average molecular weight is 320 g/mol. The summed E-state index contributed by atoms with van der Waals surface area (Å²) in [4.78, 5) is 14.8. The summed E-state index contributed by atoms with van der Waals surface area (Å²) in [6.07, 6.45) is 4.23. The first kappa shape index (κ1) is 16.4. The molecule has 23 heavy (non-hydrogen) atoms. The number of amides is 1. The Balaban J connectivity index is 1.59. The van der Waals surface area contributed by atoms with Crippen LogP contribution < -0.4 is 10.6 Å². The Hall–Kier alpha value is -1.47. The second kappa shape index (κ2) is 6.97. The fourth-order valence-corrected chi connectivity index (χ4v) is 3.92. The maximum atomic E-state index is 12.4. The van der Waals surface area contributed by atoms with Crippen LogP contribution in [-0.4, -0.2) is 58.0 Å². The standard InChI is InChI=1S/C16H28N6O/c1-11(2)18-16(23)15-10-21-5-4-12(15)6-14(21)9-22-8-13(7-17-3)19-20-22/h8,11-12,14-15,17H,4-7,9-10H2,1-3H3,(H,18,23)/t12-,14+,15+/m0/s1. The lowest BCUT2D eigenvalue weighted by molar-refractivity contribution is -0.133. The lowest BCUT2D eigenvalue weighted by atomic mass is 9.75. The molecule has 2 bridgehead atoms. The van der Waals surface area contributed by atoms with Gasteiger partial charge in [0.05, 0.1) is 18.2 Å². The third-order valence-corrected chi connectivity index (χ3v) is 4.99. The third kappa shape index (κ3) is 3.72. The van der Waals surface area contributed by atoms with Crippen LogP contribution in [0.15, 0.2) is 6.20 Å². The van der Waals surface area contributed by atoms with Crippen molar-refractivity contribution in [3.05, 3.63) is 11.9 Å². The minimum atomic E-state index is 0.151. The largest absolute Gasteiger partial charge is 0.354 e. The molecule has 1 aromatic heterocycles. The van der Waals surface area contributed by atoms with Crippen molar-refractivity contribution in [3.63, 3.8) is 0 Å². The highest BCUT2D eigenvalue weighted by molar-refractivity contribution is 5.79. The predicted octanol–water partition coefficient (Wildman–Crippen LogP) is 0.233. The number of hydrogen-bond donors (Lipinski definition) is 2. The van der Waals surface area contributed by atoms with Crippen LogP contribution >= 0.6 is 0 Å². The van der Waals surface area contributed by atoms with Gasteiger partial charge in [0, 0.05) is 31.4 Å². The summed E-state index contributed by atoms with van der Waals surface area (Å²) >= 11 is 0. The normalized spacial score (nSPS) is 29.9. The molecule has 3 fully saturated rings. The molecule has 2 N–H and O–H groups in total. The van der Waals surface area contributed by atoms with E-state index in [4.69, 9.17) is 0 Å². The smallest absolute Gasteiger partial charge is 0.224 e. The highest BCUT2D eigenvalue weighted by Crippen LogP contribution is 2.36. The molecule has 1 amide bonds. The SMILES string of the molecule is CNCc1cn(C[C@H]2C[C@@H]3CCN2C[C@H]3C(=O)NC(C)C)nn1. The number of aromatic nitrogens is 3. The molecule has 0 spiro atoms. The number of carbonyl (C=O) groups excluding carboxylic acids is 1. The van der Waals surface area contributed by atoms with Gasteiger partial charge in [-0.05, 0) is 46.2 Å². The van der Waals surface area contributed by atoms with E-state index >= 15 is 0 Å². The van der Waals surface area contributed by atoms with Crippen molar-refractivity contribution in [3.8, 4) is 0 Å². The van der Waals surface area contributed by atoms with Gasteiger partial charge in [0.1, 0.15) is 0 Å². The Morgan fingerprint density at radius 1 is 1.48 bits per heavy atom. The van der Waals surface area contributed by atoms with Crippen molar-refractivity contribution in [1.29, 1.82) is 0 Å². The molecule has 3 aliphatic heterocycles. The summed E-state index contributed by atoms with van der Waals surface area (Å²) in [5.74, 6) is 0.882. The third-order valence-electron chi connectivity index (χ3n) is 4.99. The van der Waals surface area contributed by atoms with Crippen LogP contribution in [0.2, 0.25) is 0 Å². The summed E-state index contributed by atoms with van der Waals surface area (Å²) in [5, 5.41) is 14.6. The van der Waals surface area contributed by atoms with Crippen molar-refractivity contribution in [2.45, 2.75) is 51.9 Å². The van der Waals surface area contributed by atoms with Crippen LogP contribution in [-0.2, 0) is 17.9 Å². The summed E-state index contributed by atoms with van der Waals surface area (Å²) in [6, 6.07) is 0.690. The highest BCUT2D eigenvalue weighted by Gasteiger charge is 2.43. The zero-order valence-corrected chi connectivity index (χ0v) is 14.3. The molecule has 7 heteroatoms. The molecule has 4 rings (SSSR count). The molecule has 1 unspecified atom stereocenters. The lowest BCUT2D eigenvalue weighted by Crippen LogP contribution is -2.58. The van der Waals surface area contributed by atoms with Crippen LogP contribution in [0.4, 0.5) is 0 Å². The van der Waals surface area contributed by atoms with E-state index in [2.05, 4.69) is 25.8 Å². The van der Waals surface area contributed by atoms with Crippen LogP contribution in [0.25, 0.3) is 0 Å². The van der Waals surface area contributed by atoms with Gasteiger partial charge in [-0.3, -0.25) is 14.4 Å². The zero-order valence-electron chi connectivity index (χ0n) is 14.3. The molecule has 0 radical (unpaired) electrons. The molecule has 0 aliphatic carbocycles. The monoisotopic (exact) mass is 320 g/mol. The van der Waals surface area contributed by atoms with Gasteiger partial charge in [0.2, 0.25) is 5.91 Å². The maximum absolute atomic E-state index is 12.4. The Morgan fingerprint density at radius 2 is 2.30 bits per heavy atom. The van der Waals surface area contributed by atoms with E-state index in [0.29, 0.717) is 12.0 Å². The molecule has 1 aromatic rings. The topological polar surface area (TPSA) is 75.1 Å². The first-order valence-corrected chi connectivity index (χ1v) is 8.65. The Kier molecular flexibility index (Phi) is 4.96. The maximum Gasteiger partial charge on any atom is 0.224 e. The van der Waals surface area contributed by atoms with E-state index in [1.54, 1.807) is 0 Å². The number of piperidine rings is 3.